The number of methoxy groups -OCH3 is 1. The predicted molar refractivity (Wildman–Crippen MR) is 68.0 cm³/mol. The number of hydrogen-bond acceptors (Lipinski definition) is 5. The van der Waals surface area contributed by atoms with Crippen LogP contribution < -0.4 is 11.1 Å². The van der Waals surface area contributed by atoms with Crippen LogP contribution >= 0.6 is 0 Å². The Kier molecular flexibility index (Phi) is 6.42. The minimum atomic E-state index is -0.0897. The molecule has 1 amide bonds. The third-order valence-corrected chi connectivity index (χ3v) is 2.65. The molecule has 18 heavy (non-hydrogen) atoms. The molecule has 0 aromatic carbocycles. The van der Waals surface area contributed by atoms with E-state index >= 15 is 0 Å². The van der Waals surface area contributed by atoms with Crippen molar-refractivity contribution < 1.29 is 13.9 Å². The molecule has 3 N–H and O–H groups in total. The first-order chi connectivity index (χ1) is 8.69. The standard InChI is InChI=1S/C12H21N3O3/c1-15(9-12(16)14-5-7-17-2)10(8-13)11-4-3-6-18-11/h3-4,6,10H,5,7-9,13H2,1-2H3,(H,14,16). The largest absolute Gasteiger partial charge is 0.468 e. The van der Waals surface area contributed by atoms with Crippen LogP contribution in [0, 0.1) is 0 Å². The molecular formula is C12H21N3O3. The number of likely N-dealkylation sites (N-methyl/N-ethyl adjacent to an activating group) is 1. The van der Waals surface area contributed by atoms with Gasteiger partial charge in [0.15, 0.2) is 0 Å². The minimum absolute atomic E-state index is 0.0560. The second-order valence-corrected chi connectivity index (χ2v) is 4.02. The van der Waals surface area contributed by atoms with Crippen LogP contribution in [0.2, 0.25) is 0 Å². The number of carbonyl (C=O) groups excluding carboxylic acids is 1. The van der Waals surface area contributed by atoms with Gasteiger partial charge in [-0.2, -0.15) is 0 Å². The van der Waals surface area contributed by atoms with Gasteiger partial charge in [0.1, 0.15) is 5.76 Å². The zero-order valence-electron chi connectivity index (χ0n) is 10.9. The van der Waals surface area contributed by atoms with Gasteiger partial charge in [-0.1, -0.05) is 0 Å². The normalized spacial score (nSPS) is 12.7. The molecule has 0 radical (unpaired) electrons. The van der Waals surface area contributed by atoms with Crippen LogP contribution in [-0.2, 0) is 9.53 Å². The summed E-state index contributed by atoms with van der Waals surface area (Å²) in [5.41, 5.74) is 5.71. The van der Waals surface area contributed by atoms with Crippen LogP contribution in [0.5, 0.6) is 0 Å². The molecule has 1 rings (SSSR count). The Bertz CT molecular complexity index is 340. The van der Waals surface area contributed by atoms with Gasteiger partial charge in [-0.15, -0.1) is 0 Å². The Hall–Kier alpha value is -1.37. The van der Waals surface area contributed by atoms with Crippen molar-refractivity contribution in [2.45, 2.75) is 6.04 Å². The molecule has 1 atom stereocenters. The van der Waals surface area contributed by atoms with Crippen LogP contribution in [0.1, 0.15) is 11.8 Å². The average molecular weight is 255 g/mol. The highest BCUT2D eigenvalue weighted by Gasteiger charge is 2.19. The van der Waals surface area contributed by atoms with E-state index < -0.39 is 0 Å². The SMILES string of the molecule is COCCNC(=O)CN(C)C(CN)c1ccco1. The Morgan fingerprint density at radius 1 is 1.67 bits per heavy atom. The predicted octanol–water partition coefficient (Wildman–Crippen LogP) is -0.0262. The van der Waals surface area contributed by atoms with E-state index in [1.165, 1.54) is 0 Å². The Balaban J connectivity index is 2.42. The topological polar surface area (TPSA) is 80.7 Å². The third-order valence-electron chi connectivity index (χ3n) is 2.65. The van der Waals surface area contributed by atoms with E-state index in [1.807, 2.05) is 24.1 Å². The second-order valence-electron chi connectivity index (χ2n) is 4.02. The Labute approximate surface area is 107 Å². The number of amides is 1. The monoisotopic (exact) mass is 255 g/mol. The van der Waals surface area contributed by atoms with Gasteiger partial charge in [0.05, 0.1) is 25.5 Å². The number of ether oxygens (including phenoxy) is 1. The van der Waals surface area contributed by atoms with Crippen molar-refractivity contribution in [3.8, 4) is 0 Å². The number of rotatable bonds is 8. The molecule has 0 saturated heterocycles. The molecule has 6 heteroatoms. The highest BCUT2D eigenvalue weighted by Crippen LogP contribution is 2.17. The molecule has 0 fully saturated rings. The summed E-state index contributed by atoms with van der Waals surface area (Å²) in [5, 5.41) is 2.76. The summed E-state index contributed by atoms with van der Waals surface area (Å²) in [6, 6.07) is 3.58. The molecule has 0 saturated carbocycles. The van der Waals surface area contributed by atoms with Crippen LogP contribution in [0.15, 0.2) is 22.8 Å². The lowest BCUT2D eigenvalue weighted by Crippen LogP contribution is -2.40. The lowest BCUT2D eigenvalue weighted by atomic mass is 10.2. The molecule has 0 spiro atoms. The summed E-state index contributed by atoms with van der Waals surface area (Å²) in [4.78, 5) is 13.5. The lowest BCUT2D eigenvalue weighted by Gasteiger charge is -2.24. The van der Waals surface area contributed by atoms with Crippen molar-refractivity contribution in [3.63, 3.8) is 0 Å². The first-order valence-corrected chi connectivity index (χ1v) is 5.88. The number of nitrogens with one attached hydrogen (secondary N) is 1. The molecule has 1 aromatic rings. The zero-order chi connectivity index (χ0) is 13.4. The van der Waals surface area contributed by atoms with Gasteiger partial charge < -0.3 is 20.2 Å². The molecule has 1 heterocycles. The molecule has 0 aliphatic rings. The molecule has 6 nitrogen and oxygen atoms in total. The van der Waals surface area contributed by atoms with Crippen molar-refractivity contribution in [1.29, 1.82) is 0 Å². The lowest BCUT2D eigenvalue weighted by molar-refractivity contribution is -0.122. The van der Waals surface area contributed by atoms with E-state index in [-0.39, 0.29) is 18.5 Å². The van der Waals surface area contributed by atoms with Crippen molar-refractivity contribution in [2.75, 3.05) is 40.4 Å². The first-order valence-electron chi connectivity index (χ1n) is 5.88. The van der Waals surface area contributed by atoms with Gasteiger partial charge in [-0.05, 0) is 19.2 Å². The summed E-state index contributed by atoms with van der Waals surface area (Å²) in [6.45, 7) is 1.69. The van der Waals surface area contributed by atoms with E-state index in [1.54, 1.807) is 13.4 Å². The smallest absolute Gasteiger partial charge is 0.234 e. The van der Waals surface area contributed by atoms with Crippen LogP contribution in [-0.4, -0.2) is 51.2 Å². The first kappa shape index (κ1) is 14.7. The molecule has 102 valence electrons. The summed E-state index contributed by atoms with van der Waals surface area (Å²) in [6.07, 6.45) is 1.60. The summed E-state index contributed by atoms with van der Waals surface area (Å²) >= 11 is 0. The van der Waals surface area contributed by atoms with Gasteiger partial charge >= 0.3 is 0 Å². The number of nitrogens with zero attached hydrogens (tertiary/aromatic N) is 1. The summed E-state index contributed by atoms with van der Waals surface area (Å²) < 4.78 is 10.2. The van der Waals surface area contributed by atoms with Crippen LogP contribution in [0.3, 0.4) is 0 Å². The van der Waals surface area contributed by atoms with Crippen LogP contribution in [0.25, 0.3) is 0 Å². The number of hydrogen-bond donors (Lipinski definition) is 2. The molecule has 0 aliphatic carbocycles. The maximum Gasteiger partial charge on any atom is 0.234 e. The molecule has 1 aromatic heterocycles. The minimum Gasteiger partial charge on any atom is -0.468 e. The number of furan rings is 1. The Morgan fingerprint density at radius 3 is 3.00 bits per heavy atom. The van der Waals surface area contributed by atoms with Crippen molar-refractivity contribution in [1.82, 2.24) is 10.2 Å². The van der Waals surface area contributed by atoms with Crippen molar-refractivity contribution >= 4 is 5.91 Å². The Morgan fingerprint density at radius 2 is 2.44 bits per heavy atom. The van der Waals surface area contributed by atoms with Gasteiger partial charge in [-0.3, -0.25) is 9.69 Å². The number of nitrogens with two attached hydrogens (primary N) is 1. The zero-order valence-corrected chi connectivity index (χ0v) is 10.9. The average Bonchev–Trinajstić information content (AvgIpc) is 2.84. The fourth-order valence-electron chi connectivity index (χ4n) is 1.68. The van der Waals surface area contributed by atoms with E-state index in [4.69, 9.17) is 14.9 Å². The molecule has 0 bridgehead atoms. The highest BCUT2D eigenvalue weighted by molar-refractivity contribution is 5.78. The third kappa shape index (κ3) is 4.48. The van der Waals surface area contributed by atoms with Crippen molar-refractivity contribution in [3.05, 3.63) is 24.2 Å². The van der Waals surface area contributed by atoms with E-state index in [0.717, 1.165) is 5.76 Å². The van der Waals surface area contributed by atoms with E-state index in [0.29, 0.717) is 19.7 Å². The summed E-state index contributed by atoms with van der Waals surface area (Å²) in [7, 11) is 3.44. The van der Waals surface area contributed by atoms with Gasteiger partial charge in [0.2, 0.25) is 5.91 Å². The fraction of sp³-hybridized carbons (Fsp3) is 0.583. The summed E-state index contributed by atoms with van der Waals surface area (Å²) in [5.74, 6) is 0.712. The quantitative estimate of drug-likeness (QED) is 0.638. The van der Waals surface area contributed by atoms with Crippen molar-refractivity contribution in [2.24, 2.45) is 5.73 Å². The maximum atomic E-state index is 11.6. The number of carbonyl (C=O) groups is 1. The van der Waals surface area contributed by atoms with E-state index in [9.17, 15) is 4.79 Å². The molecule has 1 unspecified atom stereocenters. The van der Waals surface area contributed by atoms with Crippen LogP contribution in [0.4, 0.5) is 0 Å². The van der Waals surface area contributed by atoms with Gasteiger partial charge in [-0.25, -0.2) is 0 Å². The fourth-order valence-corrected chi connectivity index (χ4v) is 1.68. The molecular weight excluding hydrogens is 234 g/mol. The van der Waals surface area contributed by atoms with Gasteiger partial charge in [0, 0.05) is 20.2 Å². The maximum absolute atomic E-state index is 11.6. The van der Waals surface area contributed by atoms with Gasteiger partial charge in [0.25, 0.3) is 0 Å². The second kappa shape index (κ2) is 7.86. The molecule has 0 aliphatic heterocycles. The highest BCUT2D eigenvalue weighted by atomic mass is 16.5. The van der Waals surface area contributed by atoms with E-state index in [2.05, 4.69) is 5.32 Å².